The molecule has 1 aromatic rings. The van der Waals surface area contributed by atoms with Gasteiger partial charge in [0.1, 0.15) is 5.75 Å². The summed E-state index contributed by atoms with van der Waals surface area (Å²) in [6.07, 6.45) is 0.234. The lowest BCUT2D eigenvalue weighted by Crippen LogP contribution is -2.34. The van der Waals surface area contributed by atoms with Gasteiger partial charge in [-0.15, -0.1) is 0 Å². The normalized spacial score (nSPS) is 18.2. The molecule has 21 heavy (non-hydrogen) atoms. The highest BCUT2D eigenvalue weighted by molar-refractivity contribution is 5.95. The first-order chi connectivity index (χ1) is 10.1. The third-order valence-corrected chi connectivity index (χ3v) is 3.48. The van der Waals surface area contributed by atoms with Gasteiger partial charge in [0.05, 0.1) is 19.3 Å². The molecule has 0 radical (unpaired) electrons. The van der Waals surface area contributed by atoms with Crippen LogP contribution >= 0.6 is 0 Å². The molecule has 1 amide bonds. The number of rotatable bonds is 4. The van der Waals surface area contributed by atoms with Gasteiger partial charge in [0.15, 0.2) is 0 Å². The van der Waals surface area contributed by atoms with Crippen LogP contribution in [0.1, 0.15) is 31.7 Å². The van der Waals surface area contributed by atoms with Crippen LogP contribution in [-0.4, -0.2) is 25.6 Å². The van der Waals surface area contributed by atoms with Gasteiger partial charge >= 0.3 is 5.97 Å². The van der Waals surface area contributed by atoms with Gasteiger partial charge in [-0.3, -0.25) is 4.79 Å². The number of benzene rings is 1. The van der Waals surface area contributed by atoms with Gasteiger partial charge in [0.25, 0.3) is 0 Å². The lowest BCUT2D eigenvalue weighted by Gasteiger charge is -2.26. The van der Waals surface area contributed by atoms with Crippen molar-refractivity contribution in [3.05, 3.63) is 41.1 Å². The van der Waals surface area contributed by atoms with Crippen LogP contribution in [0.25, 0.3) is 0 Å². The van der Waals surface area contributed by atoms with E-state index >= 15 is 0 Å². The van der Waals surface area contributed by atoms with E-state index in [1.807, 2.05) is 24.3 Å². The van der Waals surface area contributed by atoms with Crippen molar-refractivity contribution in [2.45, 2.75) is 26.2 Å². The predicted molar refractivity (Wildman–Crippen MR) is 77.8 cm³/mol. The molecule has 1 atom stereocenters. The molecule has 1 heterocycles. The maximum Gasteiger partial charge on any atom is 0.336 e. The quantitative estimate of drug-likeness (QED) is 0.862. The fraction of sp³-hybridized carbons (Fsp3) is 0.375. The van der Waals surface area contributed by atoms with Crippen LogP contribution in [0.4, 0.5) is 0 Å². The van der Waals surface area contributed by atoms with Crippen molar-refractivity contribution >= 4 is 11.9 Å². The van der Waals surface area contributed by atoms with Crippen LogP contribution in [-0.2, 0) is 14.3 Å². The Balaban J connectivity index is 2.39. The van der Waals surface area contributed by atoms with Crippen LogP contribution < -0.4 is 10.1 Å². The Bertz CT molecular complexity index is 574. The maximum atomic E-state index is 12.2. The highest BCUT2D eigenvalue weighted by Gasteiger charge is 2.32. The Hall–Kier alpha value is -2.30. The molecule has 0 saturated heterocycles. The molecule has 112 valence electrons. The number of hydrogen-bond acceptors (Lipinski definition) is 4. The summed E-state index contributed by atoms with van der Waals surface area (Å²) in [5.74, 6) is -0.0294. The van der Waals surface area contributed by atoms with Gasteiger partial charge in [-0.2, -0.15) is 0 Å². The minimum Gasteiger partial charge on any atom is -0.497 e. The second-order valence-electron chi connectivity index (χ2n) is 4.84. The van der Waals surface area contributed by atoms with E-state index < -0.39 is 0 Å². The molecule has 1 unspecified atom stereocenters. The van der Waals surface area contributed by atoms with E-state index in [9.17, 15) is 9.59 Å². The summed E-state index contributed by atoms with van der Waals surface area (Å²) >= 11 is 0. The monoisotopic (exact) mass is 289 g/mol. The van der Waals surface area contributed by atoms with Gasteiger partial charge < -0.3 is 14.8 Å². The predicted octanol–water partition coefficient (Wildman–Crippen LogP) is 2.14. The number of methoxy groups -OCH3 is 1. The van der Waals surface area contributed by atoms with E-state index in [1.165, 1.54) is 0 Å². The first-order valence-electron chi connectivity index (χ1n) is 6.88. The largest absolute Gasteiger partial charge is 0.497 e. The standard InChI is InChI=1S/C16H19NO4/c1-4-21-16(19)15-10(2)17-14(18)9-13(15)11-5-7-12(20-3)8-6-11/h5-8,13H,4,9H2,1-3H3,(H,17,18). The summed E-state index contributed by atoms with van der Waals surface area (Å²) in [6, 6.07) is 7.38. The summed E-state index contributed by atoms with van der Waals surface area (Å²) in [4.78, 5) is 24.0. The van der Waals surface area contributed by atoms with Gasteiger partial charge in [0.2, 0.25) is 5.91 Å². The fourth-order valence-electron chi connectivity index (χ4n) is 2.50. The molecule has 1 aromatic carbocycles. The Morgan fingerprint density at radius 2 is 2.00 bits per heavy atom. The molecular weight excluding hydrogens is 270 g/mol. The molecule has 5 heteroatoms. The zero-order chi connectivity index (χ0) is 15.4. The van der Waals surface area contributed by atoms with Crippen molar-refractivity contribution in [3.63, 3.8) is 0 Å². The Morgan fingerprint density at radius 1 is 1.33 bits per heavy atom. The van der Waals surface area contributed by atoms with E-state index in [0.29, 0.717) is 17.9 Å². The number of carbonyl (C=O) groups excluding carboxylic acids is 2. The SMILES string of the molecule is CCOC(=O)C1=C(C)NC(=O)CC1c1ccc(OC)cc1. The number of nitrogens with one attached hydrogen (secondary N) is 1. The average Bonchev–Trinajstić information content (AvgIpc) is 2.46. The summed E-state index contributed by atoms with van der Waals surface area (Å²) in [5.41, 5.74) is 1.97. The van der Waals surface area contributed by atoms with Crippen molar-refractivity contribution in [1.82, 2.24) is 5.32 Å². The van der Waals surface area contributed by atoms with Gasteiger partial charge in [-0.05, 0) is 31.5 Å². The molecule has 2 rings (SSSR count). The minimum atomic E-state index is -0.379. The average molecular weight is 289 g/mol. The Kier molecular flexibility index (Phi) is 4.62. The number of hydrogen-bond donors (Lipinski definition) is 1. The molecule has 1 N–H and O–H groups in total. The van der Waals surface area contributed by atoms with Gasteiger partial charge in [-0.1, -0.05) is 12.1 Å². The van der Waals surface area contributed by atoms with Gasteiger partial charge in [-0.25, -0.2) is 4.79 Å². The van der Waals surface area contributed by atoms with Crippen LogP contribution in [0, 0.1) is 0 Å². The molecule has 5 nitrogen and oxygen atoms in total. The van der Waals surface area contributed by atoms with Crippen LogP contribution in [0.2, 0.25) is 0 Å². The number of amides is 1. The van der Waals surface area contributed by atoms with E-state index in [4.69, 9.17) is 9.47 Å². The summed E-state index contributed by atoms with van der Waals surface area (Å²) in [6.45, 7) is 3.79. The van der Waals surface area contributed by atoms with E-state index in [1.54, 1.807) is 21.0 Å². The minimum absolute atomic E-state index is 0.0960. The maximum absolute atomic E-state index is 12.2. The van der Waals surface area contributed by atoms with Crippen LogP contribution in [0.5, 0.6) is 5.75 Å². The van der Waals surface area contributed by atoms with Crippen LogP contribution in [0.3, 0.4) is 0 Å². The van der Waals surface area contributed by atoms with E-state index in [-0.39, 0.29) is 24.2 Å². The second kappa shape index (κ2) is 6.43. The van der Waals surface area contributed by atoms with Crippen LogP contribution in [0.15, 0.2) is 35.5 Å². The first-order valence-corrected chi connectivity index (χ1v) is 6.88. The number of allylic oxidation sites excluding steroid dienone is 1. The van der Waals surface area contributed by atoms with E-state index in [2.05, 4.69) is 5.32 Å². The first kappa shape index (κ1) is 15.1. The van der Waals surface area contributed by atoms with Crippen molar-refractivity contribution in [2.75, 3.05) is 13.7 Å². The third kappa shape index (κ3) is 3.24. The molecule has 0 aliphatic carbocycles. The molecule has 0 aromatic heterocycles. The Labute approximate surface area is 123 Å². The smallest absolute Gasteiger partial charge is 0.336 e. The zero-order valence-corrected chi connectivity index (χ0v) is 12.4. The second-order valence-corrected chi connectivity index (χ2v) is 4.84. The molecule has 1 aliphatic rings. The molecule has 0 bridgehead atoms. The zero-order valence-electron chi connectivity index (χ0n) is 12.4. The highest BCUT2D eigenvalue weighted by atomic mass is 16.5. The Morgan fingerprint density at radius 3 is 2.57 bits per heavy atom. The molecular formula is C16H19NO4. The molecule has 0 fully saturated rings. The highest BCUT2D eigenvalue weighted by Crippen LogP contribution is 2.34. The topological polar surface area (TPSA) is 64.6 Å². The lowest BCUT2D eigenvalue weighted by molar-refractivity contribution is -0.139. The number of carbonyl (C=O) groups is 2. The van der Waals surface area contributed by atoms with Crippen molar-refractivity contribution in [3.8, 4) is 5.75 Å². The van der Waals surface area contributed by atoms with Crippen molar-refractivity contribution < 1.29 is 19.1 Å². The van der Waals surface area contributed by atoms with Crippen molar-refractivity contribution in [2.24, 2.45) is 0 Å². The van der Waals surface area contributed by atoms with Crippen molar-refractivity contribution in [1.29, 1.82) is 0 Å². The summed E-state index contributed by atoms with van der Waals surface area (Å²) in [5, 5.41) is 2.71. The molecule has 0 saturated carbocycles. The molecule has 0 spiro atoms. The summed E-state index contributed by atoms with van der Waals surface area (Å²) in [7, 11) is 1.59. The third-order valence-electron chi connectivity index (χ3n) is 3.48. The van der Waals surface area contributed by atoms with E-state index in [0.717, 1.165) is 11.3 Å². The van der Waals surface area contributed by atoms with Gasteiger partial charge in [0, 0.05) is 18.0 Å². The summed E-state index contributed by atoms with van der Waals surface area (Å²) < 4.78 is 10.2. The fourth-order valence-corrected chi connectivity index (χ4v) is 2.50. The number of esters is 1. The number of ether oxygens (including phenoxy) is 2. The molecule has 1 aliphatic heterocycles. The lowest BCUT2D eigenvalue weighted by atomic mass is 9.84.